The zero-order valence-corrected chi connectivity index (χ0v) is 6.98. The van der Waals surface area contributed by atoms with Crippen molar-refractivity contribution in [3.63, 3.8) is 0 Å². The molecule has 5 heteroatoms. The van der Waals surface area contributed by atoms with E-state index in [4.69, 9.17) is 5.11 Å². The second kappa shape index (κ2) is 3.10. The van der Waals surface area contributed by atoms with E-state index in [1.54, 1.807) is 0 Å². The first-order valence-electron chi connectivity index (χ1n) is 3.62. The van der Waals surface area contributed by atoms with Gasteiger partial charge in [0.1, 0.15) is 0 Å². The molecule has 0 bridgehead atoms. The monoisotopic (exact) mass is 173 g/mol. The Morgan fingerprint density at radius 3 is 2.42 bits per heavy atom. The van der Waals surface area contributed by atoms with Gasteiger partial charge in [-0.15, -0.1) is 0 Å². The van der Waals surface area contributed by atoms with Crippen LogP contribution in [0.4, 0.5) is 0 Å². The lowest BCUT2D eigenvalue weighted by Gasteiger charge is -2.12. The molecule has 2 atom stereocenters. The van der Waals surface area contributed by atoms with Gasteiger partial charge in [0.25, 0.3) is 0 Å². The summed E-state index contributed by atoms with van der Waals surface area (Å²) in [5, 5.41) is 9.58. The predicted molar refractivity (Wildman–Crippen MR) is 39.0 cm³/mol. The molecule has 0 spiro atoms. The first-order chi connectivity index (χ1) is 5.57. The third-order valence-electron chi connectivity index (χ3n) is 2.01. The van der Waals surface area contributed by atoms with Crippen molar-refractivity contribution in [2.24, 2.45) is 11.8 Å². The molecular formula is C7H11NO4. The number of carboxylic acid groups (broad SMARTS) is 1. The number of hydroxylamine groups is 2. The molecule has 0 saturated heterocycles. The van der Waals surface area contributed by atoms with Crippen LogP contribution >= 0.6 is 0 Å². The van der Waals surface area contributed by atoms with Crippen LogP contribution in [0.2, 0.25) is 0 Å². The lowest BCUT2D eigenvalue weighted by Crippen LogP contribution is -2.28. The van der Waals surface area contributed by atoms with Gasteiger partial charge in [-0.1, -0.05) is 0 Å². The minimum Gasteiger partial charge on any atom is -0.481 e. The molecule has 68 valence electrons. The number of rotatable bonds is 3. The molecule has 12 heavy (non-hydrogen) atoms. The minimum absolute atomic E-state index is 0.259. The molecule has 1 rings (SSSR count). The molecule has 0 aromatic carbocycles. The van der Waals surface area contributed by atoms with Crippen LogP contribution in [0.25, 0.3) is 0 Å². The second-order valence-electron chi connectivity index (χ2n) is 2.81. The summed E-state index contributed by atoms with van der Waals surface area (Å²) in [6.07, 6.45) is 0.432. The highest BCUT2D eigenvalue weighted by molar-refractivity contribution is 5.88. The molecule has 1 N–H and O–H groups in total. The Hall–Kier alpha value is -1.10. The molecule has 1 saturated carbocycles. The van der Waals surface area contributed by atoms with Crippen LogP contribution in [-0.4, -0.2) is 36.2 Å². The largest absolute Gasteiger partial charge is 0.481 e. The molecule has 1 amide bonds. The normalized spacial score (nSPS) is 26.5. The molecule has 5 nitrogen and oxygen atoms in total. The number of nitrogens with zero attached hydrogens (tertiary/aromatic N) is 1. The van der Waals surface area contributed by atoms with Crippen molar-refractivity contribution >= 4 is 11.9 Å². The van der Waals surface area contributed by atoms with E-state index < -0.39 is 11.9 Å². The van der Waals surface area contributed by atoms with E-state index in [0.717, 1.165) is 5.06 Å². The van der Waals surface area contributed by atoms with E-state index in [9.17, 15) is 9.59 Å². The fourth-order valence-electron chi connectivity index (χ4n) is 1.06. The van der Waals surface area contributed by atoms with Crippen LogP contribution in [0.1, 0.15) is 6.42 Å². The van der Waals surface area contributed by atoms with Crippen LogP contribution in [0.3, 0.4) is 0 Å². The lowest BCUT2D eigenvalue weighted by atomic mass is 10.3. The summed E-state index contributed by atoms with van der Waals surface area (Å²) in [6, 6.07) is 0. The summed E-state index contributed by atoms with van der Waals surface area (Å²) in [5.41, 5.74) is 0. The third-order valence-corrected chi connectivity index (χ3v) is 2.01. The van der Waals surface area contributed by atoms with Crippen molar-refractivity contribution in [1.29, 1.82) is 0 Å². The molecule has 0 radical (unpaired) electrons. The summed E-state index contributed by atoms with van der Waals surface area (Å²) in [6.45, 7) is 0. The van der Waals surface area contributed by atoms with Crippen LogP contribution < -0.4 is 0 Å². The molecule has 1 aliphatic rings. The topological polar surface area (TPSA) is 66.8 Å². The Bertz CT molecular complexity index is 215. The summed E-state index contributed by atoms with van der Waals surface area (Å²) < 4.78 is 0. The third kappa shape index (κ3) is 1.55. The van der Waals surface area contributed by atoms with E-state index in [0.29, 0.717) is 6.42 Å². The molecule has 0 heterocycles. The first kappa shape index (κ1) is 8.99. The van der Waals surface area contributed by atoms with Gasteiger partial charge in [-0.25, -0.2) is 5.06 Å². The van der Waals surface area contributed by atoms with Crippen LogP contribution in [0.5, 0.6) is 0 Å². The smallest absolute Gasteiger partial charge is 0.307 e. The summed E-state index contributed by atoms with van der Waals surface area (Å²) >= 11 is 0. The predicted octanol–water partition coefficient (Wildman–Crippen LogP) is -0.273. The minimum atomic E-state index is -0.905. The van der Waals surface area contributed by atoms with Gasteiger partial charge in [-0.2, -0.15) is 0 Å². The van der Waals surface area contributed by atoms with Crippen LogP contribution in [0, 0.1) is 11.8 Å². The summed E-state index contributed by atoms with van der Waals surface area (Å²) in [4.78, 5) is 26.2. The number of carboxylic acids is 1. The highest BCUT2D eigenvalue weighted by Crippen LogP contribution is 2.39. The number of amides is 1. The van der Waals surface area contributed by atoms with Gasteiger partial charge in [-0.05, 0) is 6.42 Å². The Morgan fingerprint density at radius 2 is 2.08 bits per heavy atom. The fourth-order valence-corrected chi connectivity index (χ4v) is 1.06. The SMILES string of the molecule is CON(C)C(=O)[C@@H]1C[C@@H]1C(=O)O. The van der Waals surface area contributed by atoms with Gasteiger partial charge >= 0.3 is 5.97 Å². The number of aliphatic carboxylic acids is 1. The van der Waals surface area contributed by atoms with E-state index in [2.05, 4.69) is 4.84 Å². The Labute approximate surface area is 69.9 Å². The second-order valence-corrected chi connectivity index (χ2v) is 2.81. The van der Waals surface area contributed by atoms with E-state index >= 15 is 0 Å². The number of carbonyl (C=O) groups excluding carboxylic acids is 1. The average molecular weight is 173 g/mol. The number of hydrogen-bond acceptors (Lipinski definition) is 3. The molecular weight excluding hydrogens is 162 g/mol. The lowest BCUT2D eigenvalue weighted by molar-refractivity contribution is -0.171. The average Bonchev–Trinajstić information content (AvgIpc) is 2.80. The highest BCUT2D eigenvalue weighted by atomic mass is 16.7. The van der Waals surface area contributed by atoms with Crippen molar-refractivity contribution in [3.05, 3.63) is 0 Å². The molecule has 0 unspecified atom stereocenters. The molecule has 0 aromatic rings. The number of carbonyl (C=O) groups is 2. The molecule has 1 aliphatic carbocycles. The standard InChI is InChI=1S/C7H11NO4/c1-8(12-2)6(9)4-3-5(4)7(10)11/h4-5H,3H2,1-2H3,(H,10,11)/t4-,5+/m1/s1. The quantitative estimate of drug-likeness (QED) is 0.596. The Balaban J connectivity index is 2.43. The van der Waals surface area contributed by atoms with Gasteiger partial charge in [0, 0.05) is 7.05 Å². The maximum atomic E-state index is 11.2. The van der Waals surface area contributed by atoms with Gasteiger partial charge in [0.05, 0.1) is 18.9 Å². The summed E-state index contributed by atoms with van der Waals surface area (Å²) in [5.74, 6) is -2.05. The zero-order chi connectivity index (χ0) is 9.30. The Morgan fingerprint density at radius 1 is 1.50 bits per heavy atom. The molecule has 1 fully saturated rings. The van der Waals surface area contributed by atoms with Gasteiger partial charge in [-0.3, -0.25) is 14.4 Å². The van der Waals surface area contributed by atoms with Crippen molar-refractivity contribution in [2.45, 2.75) is 6.42 Å². The van der Waals surface area contributed by atoms with Crippen molar-refractivity contribution in [1.82, 2.24) is 5.06 Å². The maximum absolute atomic E-state index is 11.2. The van der Waals surface area contributed by atoms with Gasteiger partial charge in [0.2, 0.25) is 5.91 Å². The first-order valence-corrected chi connectivity index (χ1v) is 3.62. The fraction of sp³-hybridized carbons (Fsp3) is 0.714. The highest BCUT2D eigenvalue weighted by Gasteiger charge is 2.49. The van der Waals surface area contributed by atoms with Crippen LogP contribution in [-0.2, 0) is 14.4 Å². The maximum Gasteiger partial charge on any atom is 0.307 e. The zero-order valence-electron chi connectivity index (χ0n) is 6.98. The molecule has 0 aliphatic heterocycles. The van der Waals surface area contributed by atoms with E-state index in [1.165, 1.54) is 14.2 Å². The number of hydrogen-bond donors (Lipinski definition) is 1. The van der Waals surface area contributed by atoms with Crippen molar-refractivity contribution in [2.75, 3.05) is 14.2 Å². The molecule has 0 aromatic heterocycles. The summed E-state index contributed by atoms with van der Waals surface area (Å²) in [7, 11) is 2.84. The van der Waals surface area contributed by atoms with Gasteiger partial charge in [0.15, 0.2) is 0 Å². The van der Waals surface area contributed by atoms with Crippen molar-refractivity contribution < 1.29 is 19.5 Å². The van der Waals surface area contributed by atoms with Crippen LogP contribution in [0.15, 0.2) is 0 Å². The van der Waals surface area contributed by atoms with Crippen molar-refractivity contribution in [3.8, 4) is 0 Å². The van der Waals surface area contributed by atoms with E-state index in [-0.39, 0.29) is 11.8 Å². The Kier molecular flexibility index (Phi) is 2.32. The van der Waals surface area contributed by atoms with E-state index in [1.807, 2.05) is 0 Å². The van der Waals surface area contributed by atoms with Gasteiger partial charge < -0.3 is 5.11 Å².